The standard InChI is InChI=1S/C25H26N6O/c1-5-6-9-20-17-31(25(2,3)4)24(32)30(20)16-18-12-14-19(15-13-18)21-10-7-8-11-22(21)23-26-28-29-27-23/h1,7-8,10-15,17H,6,9,16H2,2-4H3,(H,26,27,28,29). The molecule has 1 N–H and O–H groups in total. The van der Waals surface area contributed by atoms with Gasteiger partial charge in [-0.3, -0.25) is 9.13 Å². The van der Waals surface area contributed by atoms with Gasteiger partial charge < -0.3 is 0 Å². The first-order valence-electron chi connectivity index (χ1n) is 10.6. The van der Waals surface area contributed by atoms with Crippen molar-refractivity contribution in [1.29, 1.82) is 0 Å². The van der Waals surface area contributed by atoms with Crippen LogP contribution in [0.5, 0.6) is 0 Å². The lowest BCUT2D eigenvalue weighted by molar-refractivity contribution is 0.380. The summed E-state index contributed by atoms with van der Waals surface area (Å²) in [5.41, 5.74) is 4.70. The van der Waals surface area contributed by atoms with E-state index >= 15 is 0 Å². The zero-order valence-electron chi connectivity index (χ0n) is 18.5. The van der Waals surface area contributed by atoms with Crippen molar-refractivity contribution >= 4 is 0 Å². The van der Waals surface area contributed by atoms with Crippen LogP contribution in [0.1, 0.15) is 38.4 Å². The van der Waals surface area contributed by atoms with Crippen LogP contribution in [0, 0.1) is 12.3 Å². The Morgan fingerprint density at radius 3 is 2.41 bits per heavy atom. The van der Waals surface area contributed by atoms with E-state index in [1.807, 2.05) is 55.8 Å². The molecular weight excluding hydrogens is 400 g/mol. The number of nitrogens with one attached hydrogen (secondary N) is 1. The number of tetrazole rings is 1. The van der Waals surface area contributed by atoms with Gasteiger partial charge in [0.2, 0.25) is 0 Å². The van der Waals surface area contributed by atoms with Crippen molar-refractivity contribution in [2.75, 3.05) is 0 Å². The van der Waals surface area contributed by atoms with E-state index in [1.165, 1.54) is 0 Å². The summed E-state index contributed by atoms with van der Waals surface area (Å²) in [4.78, 5) is 13.1. The van der Waals surface area contributed by atoms with Crippen LogP contribution in [0.3, 0.4) is 0 Å². The number of hydrogen-bond donors (Lipinski definition) is 1. The Balaban J connectivity index is 1.66. The molecule has 0 radical (unpaired) electrons. The van der Waals surface area contributed by atoms with Crippen molar-refractivity contribution in [3.05, 3.63) is 76.5 Å². The summed E-state index contributed by atoms with van der Waals surface area (Å²) in [6.45, 7) is 6.58. The minimum atomic E-state index is -0.295. The van der Waals surface area contributed by atoms with Gasteiger partial charge in [0.15, 0.2) is 5.82 Å². The molecule has 0 saturated carbocycles. The van der Waals surface area contributed by atoms with E-state index in [4.69, 9.17) is 6.42 Å². The van der Waals surface area contributed by atoms with Crippen LogP contribution in [-0.4, -0.2) is 29.8 Å². The summed E-state index contributed by atoms with van der Waals surface area (Å²) >= 11 is 0. The fourth-order valence-electron chi connectivity index (χ4n) is 3.76. The molecule has 0 saturated heterocycles. The zero-order chi connectivity index (χ0) is 22.7. The molecule has 2 heterocycles. The van der Waals surface area contributed by atoms with Gasteiger partial charge in [0, 0.05) is 35.8 Å². The molecule has 162 valence electrons. The van der Waals surface area contributed by atoms with Crippen LogP contribution in [0.25, 0.3) is 22.5 Å². The first-order chi connectivity index (χ1) is 15.4. The Bertz CT molecular complexity index is 1300. The quantitative estimate of drug-likeness (QED) is 0.475. The first kappa shape index (κ1) is 21.3. The number of rotatable bonds is 6. The fourth-order valence-corrected chi connectivity index (χ4v) is 3.76. The summed E-state index contributed by atoms with van der Waals surface area (Å²) in [7, 11) is 0. The van der Waals surface area contributed by atoms with Gasteiger partial charge in [0.05, 0.1) is 6.54 Å². The van der Waals surface area contributed by atoms with E-state index in [2.05, 4.69) is 50.8 Å². The second-order valence-corrected chi connectivity index (χ2v) is 8.73. The number of aromatic nitrogens is 6. The minimum absolute atomic E-state index is 0.0169. The minimum Gasteiger partial charge on any atom is -0.294 e. The van der Waals surface area contributed by atoms with Gasteiger partial charge in [-0.1, -0.05) is 48.5 Å². The highest BCUT2D eigenvalue weighted by Crippen LogP contribution is 2.29. The van der Waals surface area contributed by atoms with Crippen molar-refractivity contribution < 1.29 is 0 Å². The molecule has 7 nitrogen and oxygen atoms in total. The number of aromatic amines is 1. The van der Waals surface area contributed by atoms with Gasteiger partial charge in [0.25, 0.3) is 0 Å². The van der Waals surface area contributed by atoms with Crippen molar-refractivity contribution in [3.63, 3.8) is 0 Å². The summed E-state index contributed by atoms with van der Waals surface area (Å²) in [5.74, 6) is 3.30. The van der Waals surface area contributed by atoms with E-state index in [-0.39, 0.29) is 11.2 Å². The Morgan fingerprint density at radius 1 is 1.06 bits per heavy atom. The average Bonchev–Trinajstić information content (AvgIpc) is 3.42. The van der Waals surface area contributed by atoms with E-state index < -0.39 is 0 Å². The summed E-state index contributed by atoms with van der Waals surface area (Å²) < 4.78 is 3.61. The third-order valence-electron chi connectivity index (χ3n) is 5.44. The first-order valence-corrected chi connectivity index (χ1v) is 10.6. The van der Waals surface area contributed by atoms with Crippen LogP contribution < -0.4 is 5.69 Å². The molecule has 2 aromatic carbocycles. The number of nitrogens with zero attached hydrogens (tertiary/aromatic N) is 5. The molecule has 0 unspecified atom stereocenters. The maximum atomic E-state index is 13.1. The molecule has 2 aromatic heterocycles. The van der Waals surface area contributed by atoms with Crippen molar-refractivity contribution in [3.8, 4) is 34.9 Å². The maximum Gasteiger partial charge on any atom is 0.329 e. The fraction of sp³-hybridized carbons (Fsp3) is 0.280. The molecule has 32 heavy (non-hydrogen) atoms. The van der Waals surface area contributed by atoms with Gasteiger partial charge in [-0.2, -0.15) is 0 Å². The van der Waals surface area contributed by atoms with Crippen molar-refractivity contribution in [2.45, 2.75) is 45.7 Å². The SMILES string of the molecule is C#CCCc1cn(C(C)(C)C)c(=O)n1Cc1ccc(-c2ccccc2-c2nnn[nH]2)cc1. The molecule has 0 fully saturated rings. The smallest absolute Gasteiger partial charge is 0.294 e. The predicted molar refractivity (Wildman–Crippen MR) is 125 cm³/mol. The normalized spacial score (nSPS) is 11.4. The molecule has 0 atom stereocenters. The lowest BCUT2D eigenvalue weighted by Gasteiger charge is -2.19. The Kier molecular flexibility index (Phi) is 5.78. The second-order valence-electron chi connectivity index (χ2n) is 8.73. The zero-order valence-corrected chi connectivity index (χ0v) is 18.5. The van der Waals surface area contributed by atoms with E-state index in [0.717, 1.165) is 27.9 Å². The Morgan fingerprint density at radius 2 is 1.78 bits per heavy atom. The van der Waals surface area contributed by atoms with Crippen LogP contribution in [-0.2, 0) is 18.5 Å². The lowest BCUT2D eigenvalue weighted by Crippen LogP contribution is -2.34. The number of aryl methyl sites for hydroxylation is 1. The largest absolute Gasteiger partial charge is 0.329 e. The number of H-pyrrole nitrogens is 1. The van der Waals surface area contributed by atoms with Crippen LogP contribution in [0.15, 0.2) is 59.5 Å². The Hall–Kier alpha value is -3.92. The highest BCUT2D eigenvalue weighted by Gasteiger charge is 2.20. The summed E-state index contributed by atoms with van der Waals surface area (Å²) in [6, 6.07) is 16.2. The van der Waals surface area contributed by atoms with E-state index in [1.54, 1.807) is 4.57 Å². The van der Waals surface area contributed by atoms with Crippen LogP contribution in [0.2, 0.25) is 0 Å². The third kappa shape index (κ3) is 4.26. The van der Waals surface area contributed by atoms with E-state index in [0.29, 0.717) is 25.2 Å². The number of terminal acetylenes is 1. The van der Waals surface area contributed by atoms with Gasteiger partial charge in [0.1, 0.15) is 0 Å². The average molecular weight is 427 g/mol. The number of benzene rings is 2. The number of imidazole rings is 1. The highest BCUT2D eigenvalue weighted by atomic mass is 16.1. The molecule has 4 rings (SSSR count). The van der Waals surface area contributed by atoms with Crippen molar-refractivity contribution in [2.24, 2.45) is 0 Å². The molecule has 0 bridgehead atoms. The molecule has 0 aliphatic carbocycles. The molecule has 0 amide bonds. The lowest BCUT2D eigenvalue weighted by atomic mass is 9.98. The van der Waals surface area contributed by atoms with Crippen LogP contribution in [0.4, 0.5) is 0 Å². The second kappa shape index (κ2) is 8.67. The summed E-state index contributed by atoms with van der Waals surface area (Å²) in [6.07, 6.45) is 8.68. The Labute approximate surface area is 187 Å². The molecule has 0 aliphatic heterocycles. The van der Waals surface area contributed by atoms with Crippen molar-refractivity contribution in [1.82, 2.24) is 29.8 Å². The van der Waals surface area contributed by atoms with Crippen LogP contribution >= 0.6 is 0 Å². The van der Waals surface area contributed by atoms with Gasteiger partial charge in [-0.05, 0) is 47.9 Å². The third-order valence-corrected chi connectivity index (χ3v) is 5.44. The predicted octanol–water partition coefficient (Wildman–Crippen LogP) is 3.87. The monoisotopic (exact) mass is 426 g/mol. The van der Waals surface area contributed by atoms with E-state index in [9.17, 15) is 4.79 Å². The summed E-state index contributed by atoms with van der Waals surface area (Å²) in [5, 5.41) is 14.2. The molecule has 4 aromatic rings. The van der Waals surface area contributed by atoms with Gasteiger partial charge in [-0.25, -0.2) is 9.89 Å². The maximum absolute atomic E-state index is 13.1. The molecule has 0 aliphatic rings. The topological polar surface area (TPSA) is 81.4 Å². The van der Waals surface area contributed by atoms with Gasteiger partial charge >= 0.3 is 5.69 Å². The number of hydrogen-bond acceptors (Lipinski definition) is 4. The highest BCUT2D eigenvalue weighted by molar-refractivity contribution is 5.80. The molecule has 0 spiro atoms. The molecular formula is C25H26N6O. The van der Waals surface area contributed by atoms with Gasteiger partial charge in [-0.15, -0.1) is 17.4 Å². The molecule has 7 heteroatoms.